The first-order valence-corrected chi connectivity index (χ1v) is 11.9. The fourth-order valence-electron chi connectivity index (χ4n) is 2.57. The van der Waals surface area contributed by atoms with E-state index in [9.17, 15) is 34.4 Å². The van der Waals surface area contributed by atoms with E-state index in [0.29, 0.717) is 0 Å². The lowest BCUT2D eigenvalue weighted by Gasteiger charge is -2.13. The summed E-state index contributed by atoms with van der Waals surface area (Å²) in [6.45, 7) is 0. The fourth-order valence-corrected chi connectivity index (χ4v) is 4.61. The van der Waals surface area contributed by atoms with Gasteiger partial charge in [-0.2, -0.15) is 25.3 Å². The summed E-state index contributed by atoms with van der Waals surface area (Å²) < 4.78 is 94.7. The first-order chi connectivity index (χ1) is 13.3. The van der Waals surface area contributed by atoms with Crippen LogP contribution in [0.15, 0.2) is 69.3 Å². The first kappa shape index (κ1) is 21.0. The molecule has 3 aromatic carbocycles. The topological polar surface area (TPSA) is 178 Å². The van der Waals surface area contributed by atoms with Gasteiger partial charge < -0.3 is 9.92 Å². The van der Waals surface area contributed by atoms with E-state index in [4.69, 9.17) is 9.92 Å². The van der Waals surface area contributed by atoms with E-state index < -0.39 is 45.9 Å². The Bertz CT molecular complexity index is 1420. The zero-order valence-corrected chi connectivity index (χ0v) is 16.7. The van der Waals surface area contributed by atoms with E-state index in [1.165, 1.54) is 24.3 Å². The van der Waals surface area contributed by atoms with Crippen molar-refractivity contribution < 1.29 is 38.5 Å². The zero-order valence-electron chi connectivity index (χ0n) is 14.3. The molecule has 0 spiro atoms. The van der Waals surface area contributed by atoms with Crippen molar-refractivity contribution in [3.8, 4) is 5.75 Å². The van der Waals surface area contributed by atoms with Crippen molar-refractivity contribution >= 4 is 46.8 Å². The Morgan fingerprint density at radius 3 is 1.76 bits per heavy atom. The Morgan fingerprint density at radius 2 is 1.24 bits per heavy atom. The summed E-state index contributed by atoms with van der Waals surface area (Å²) in [6.07, 6.45) is 0. The van der Waals surface area contributed by atoms with Gasteiger partial charge in [0.2, 0.25) is 0 Å². The monoisotopic (exact) mass is 459 g/mol. The molecular weight excluding hydrogens is 446 g/mol. The second kappa shape index (κ2) is 6.96. The number of benzene rings is 3. The third-order valence-corrected chi connectivity index (χ3v) is 6.73. The van der Waals surface area contributed by atoms with Gasteiger partial charge in [-0.1, -0.05) is 18.2 Å². The van der Waals surface area contributed by atoms with Crippen molar-refractivity contribution in [2.45, 2.75) is 14.7 Å². The molecule has 0 aliphatic carbocycles. The summed E-state index contributed by atoms with van der Waals surface area (Å²) in [5.41, 5.74) is 5.50. The van der Waals surface area contributed by atoms with Crippen LogP contribution >= 0.6 is 0 Å². The van der Waals surface area contributed by atoms with Crippen LogP contribution in [-0.4, -0.2) is 34.4 Å². The van der Waals surface area contributed by atoms with Gasteiger partial charge in [0, 0.05) is 17.1 Å². The quantitative estimate of drug-likeness (QED) is 0.289. The third-order valence-electron chi connectivity index (χ3n) is 3.82. The molecule has 154 valence electrons. The molecular formula is C16H13NO9S3. The van der Waals surface area contributed by atoms with Crippen LogP contribution in [0.5, 0.6) is 5.75 Å². The molecule has 3 aromatic rings. The minimum atomic E-state index is -4.83. The van der Waals surface area contributed by atoms with E-state index in [-0.39, 0.29) is 21.4 Å². The summed E-state index contributed by atoms with van der Waals surface area (Å²) >= 11 is 0. The predicted octanol–water partition coefficient (Wildman–Crippen LogP) is 1.68. The fraction of sp³-hybridized carbons (Fsp3) is 0. The minimum Gasteiger partial charge on any atom is -0.398 e. The van der Waals surface area contributed by atoms with Gasteiger partial charge >= 0.3 is 10.1 Å². The van der Waals surface area contributed by atoms with Crippen LogP contribution in [0.2, 0.25) is 0 Å². The summed E-state index contributed by atoms with van der Waals surface area (Å²) in [4.78, 5) is -1.67. The van der Waals surface area contributed by atoms with E-state index in [1.54, 1.807) is 6.07 Å². The van der Waals surface area contributed by atoms with Gasteiger partial charge in [0.1, 0.15) is 4.90 Å². The number of nitrogens with two attached hydrogens (primary N) is 1. The SMILES string of the molecule is Nc1cc(S(=O)(=O)O)cc2cc(S(=O)(=O)O)cc(OS(=O)(=O)c3ccccc3)c12. The Balaban J connectivity index is 2.33. The van der Waals surface area contributed by atoms with Crippen LogP contribution in [0.1, 0.15) is 0 Å². The van der Waals surface area contributed by atoms with Crippen LogP contribution in [0.3, 0.4) is 0 Å². The Hall–Kier alpha value is -2.71. The average molecular weight is 459 g/mol. The van der Waals surface area contributed by atoms with Crippen LogP contribution in [0.25, 0.3) is 10.8 Å². The first-order valence-electron chi connectivity index (χ1n) is 7.61. The summed E-state index contributed by atoms with van der Waals surface area (Å²) in [6, 6.07) is 10.2. The standard InChI is InChI=1S/C16H13NO9S3/c17-14-8-12(27(18,19)20)6-10-7-13(28(21,22)23)9-15(16(10)14)26-29(24,25)11-4-2-1-3-5-11/h1-9H,17H2,(H,18,19,20)(H,21,22,23). The van der Waals surface area contributed by atoms with Crippen molar-refractivity contribution in [3.63, 3.8) is 0 Å². The highest BCUT2D eigenvalue weighted by Crippen LogP contribution is 2.37. The largest absolute Gasteiger partial charge is 0.398 e. The van der Waals surface area contributed by atoms with E-state index >= 15 is 0 Å². The van der Waals surface area contributed by atoms with Crippen LogP contribution in [-0.2, 0) is 30.4 Å². The Kier molecular flexibility index (Phi) is 5.04. The molecule has 0 aliphatic rings. The smallest absolute Gasteiger partial charge is 0.339 e. The highest BCUT2D eigenvalue weighted by atomic mass is 32.2. The van der Waals surface area contributed by atoms with Crippen LogP contribution < -0.4 is 9.92 Å². The molecule has 0 radical (unpaired) electrons. The number of nitrogen functional groups attached to an aromatic ring is 1. The van der Waals surface area contributed by atoms with E-state index in [1.807, 2.05) is 0 Å². The molecule has 0 unspecified atom stereocenters. The van der Waals surface area contributed by atoms with Gasteiger partial charge in [-0.3, -0.25) is 9.11 Å². The molecule has 0 aromatic heterocycles. The van der Waals surface area contributed by atoms with Crippen LogP contribution in [0, 0.1) is 0 Å². The van der Waals surface area contributed by atoms with Crippen molar-refractivity contribution in [2.75, 3.05) is 5.73 Å². The lowest BCUT2D eigenvalue weighted by atomic mass is 10.1. The summed E-state index contributed by atoms with van der Waals surface area (Å²) in [5.74, 6) is -0.557. The van der Waals surface area contributed by atoms with Gasteiger partial charge in [0.05, 0.1) is 9.79 Å². The molecule has 3 rings (SSSR count). The zero-order chi connectivity index (χ0) is 21.6. The summed E-state index contributed by atoms with van der Waals surface area (Å²) in [7, 11) is -14.0. The predicted molar refractivity (Wildman–Crippen MR) is 102 cm³/mol. The van der Waals surface area contributed by atoms with Crippen molar-refractivity contribution in [2.24, 2.45) is 0 Å². The number of rotatable bonds is 5. The summed E-state index contributed by atoms with van der Waals surface area (Å²) in [5, 5.41) is -0.338. The molecule has 0 aliphatic heterocycles. The minimum absolute atomic E-state index is 0.135. The van der Waals surface area contributed by atoms with Gasteiger partial charge in [-0.25, -0.2) is 0 Å². The molecule has 4 N–H and O–H groups in total. The second-order valence-electron chi connectivity index (χ2n) is 5.83. The maximum Gasteiger partial charge on any atom is 0.339 e. The van der Waals surface area contributed by atoms with E-state index in [0.717, 1.165) is 24.3 Å². The van der Waals surface area contributed by atoms with Crippen molar-refractivity contribution in [1.82, 2.24) is 0 Å². The van der Waals surface area contributed by atoms with Crippen LogP contribution in [0.4, 0.5) is 5.69 Å². The molecule has 0 bridgehead atoms. The van der Waals surface area contributed by atoms with E-state index in [2.05, 4.69) is 0 Å². The molecule has 10 nitrogen and oxygen atoms in total. The number of fused-ring (bicyclic) bond motifs is 1. The van der Waals surface area contributed by atoms with Crippen molar-refractivity contribution in [1.29, 1.82) is 0 Å². The molecule has 0 amide bonds. The maximum atomic E-state index is 12.5. The van der Waals surface area contributed by atoms with Gasteiger partial charge in [-0.05, 0) is 35.7 Å². The third kappa shape index (κ3) is 4.33. The van der Waals surface area contributed by atoms with Gasteiger partial charge in [0.25, 0.3) is 20.2 Å². The molecule has 0 saturated carbocycles. The van der Waals surface area contributed by atoms with Crippen molar-refractivity contribution in [3.05, 3.63) is 54.6 Å². The number of anilines is 1. The Labute approximate surface area is 166 Å². The molecule has 13 heteroatoms. The molecule has 0 heterocycles. The highest BCUT2D eigenvalue weighted by molar-refractivity contribution is 7.87. The second-order valence-corrected chi connectivity index (χ2v) is 10.2. The average Bonchev–Trinajstić information content (AvgIpc) is 2.60. The maximum absolute atomic E-state index is 12.5. The molecule has 0 atom stereocenters. The van der Waals surface area contributed by atoms with Gasteiger partial charge in [-0.15, -0.1) is 0 Å². The number of hydrogen-bond acceptors (Lipinski definition) is 8. The lowest BCUT2D eigenvalue weighted by Crippen LogP contribution is -2.11. The van der Waals surface area contributed by atoms with Gasteiger partial charge in [0.15, 0.2) is 5.75 Å². The Morgan fingerprint density at radius 1 is 0.724 bits per heavy atom. The molecule has 0 fully saturated rings. The normalized spacial score (nSPS) is 12.8. The highest BCUT2D eigenvalue weighted by Gasteiger charge is 2.23. The molecule has 29 heavy (non-hydrogen) atoms. The number of hydrogen-bond donors (Lipinski definition) is 3. The molecule has 0 saturated heterocycles. The lowest BCUT2D eigenvalue weighted by molar-refractivity contribution is 0.477.